The van der Waals surface area contributed by atoms with Gasteiger partial charge in [-0.3, -0.25) is 14.5 Å². The zero-order valence-corrected chi connectivity index (χ0v) is 11.9. The van der Waals surface area contributed by atoms with Crippen molar-refractivity contribution in [3.05, 3.63) is 47.0 Å². The Bertz CT molecular complexity index is 606. The van der Waals surface area contributed by atoms with E-state index in [9.17, 15) is 4.79 Å². The Morgan fingerprint density at radius 2 is 2.30 bits per heavy atom. The summed E-state index contributed by atoms with van der Waals surface area (Å²) in [7, 11) is 1.73. The smallest absolute Gasteiger partial charge is 0.274 e. The first-order valence-corrected chi connectivity index (χ1v) is 6.94. The quantitative estimate of drug-likeness (QED) is 0.853. The first kappa shape index (κ1) is 13.1. The third-order valence-electron chi connectivity index (χ3n) is 3.68. The van der Waals surface area contributed by atoms with E-state index in [1.807, 2.05) is 23.2 Å². The molecule has 1 aliphatic rings. The number of carbonyl (C=O) groups excluding carboxylic acids is 1. The molecule has 2 aromatic rings. The van der Waals surface area contributed by atoms with Crippen molar-refractivity contribution in [3.63, 3.8) is 0 Å². The van der Waals surface area contributed by atoms with E-state index in [0.29, 0.717) is 10.7 Å². The molecule has 6 heteroatoms. The van der Waals surface area contributed by atoms with Crippen molar-refractivity contribution in [3.8, 4) is 0 Å². The summed E-state index contributed by atoms with van der Waals surface area (Å²) < 4.78 is 1.53. The fourth-order valence-corrected chi connectivity index (χ4v) is 2.96. The Hall–Kier alpha value is -1.88. The number of rotatable bonds is 2. The largest absolute Gasteiger partial charge is 0.330 e. The average Bonchev–Trinajstić information content (AvgIpc) is 3.07. The molecule has 1 atom stereocenters. The maximum atomic E-state index is 12.7. The number of halogens is 1. The van der Waals surface area contributed by atoms with Crippen molar-refractivity contribution in [2.75, 3.05) is 6.54 Å². The first-order valence-electron chi connectivity index (χ1n) is 6.57. The van der Waals surface area contributed by atoms with Gasteiger partial charge < -0.3 is 4.90 Å². The monoisotopic (exact) mass is 290 g/mol. The summed E-state index contributed by atoms with van der Waals surface area (Å²) in [5.41, 5.74) is 1.51. The van der Waals surface area contributed by atoms with E-state index in [0.717, 1.165) is 24.9 Å². The van der Waals surface area contributed by atoms with Crippen LogP contribution in [0, 0.1) is 0 Å². The second-order valence-electron chi connectivity index (χ2n) is 4.91. The summed E-state index contributed by atoms with van der Waals surface area (Å²) in [6.07, 6.45) is 7.00. The highest BCUT2D eigenvalue weighted by atomic mass is 35.5. The predicted octanol–water partition coefficient (Wildman–Crippen LogP) is 2.45. The normalized spacial score (nSPS) is 18.5. The lowest BCUT2D eigenvalue weighted by atomic mass is 10.1. The number of hydrogen-bond acceptors (Lipinski definition) is 3. The third kappa shape index (κ3) is 2.18. The molecular formula is C14H15ClN4O. The molecule has 0 aliphatic carbocycles. The number of likely N-dealkylation sites (tertiary alicyclic amines) is 1. The van der Waals surface area contributed by atoms with Crippen LogP contribution in [0.4, 0.5) is 0 Å². The van der Waals surface area contributed by atoms with Crippen LogP contribution in [0.1, 0.15) is 34.9 Å². The van der Waals surface area contributed by atoms with Crippen LogP contribution < -0.4 is 0 Å². The molecule has 1 amide bonds. The number of nitrogens with zero attached hydrogens (tertiary/aromatic N) is 4. The fraction of sp³-hybridized carbons (Fsp3) is 0.357. The van der Waals surface area contributed by atoms with Crippen molar-refractivity contribution in [2.45, 2.75) is 18.9 Å². The Balaban J connectivity index is 1.91. The van der Waals surface area contributed by atoms with Gasteiger partial charge in [0.1, 0.15) is 5.69 Å². The van der Waals surface area contributed by atoms with Gasteiger partial charge in [-0.05, 0) is 24.5 Å². The standard InChI is InChI=1S/C14H15ClN4O/c1-18-13(11(15)9-17-18)14(20)19-7-3-5-12(19)10-4-2-6-16-8-10/h2,4,6,8-9,12H,3,5,7H2,1H3. The van der Waals surface area contributed by atoms with Crippen LogP contribution in [0.15, 0.2) is 30.7 Å². The highest BCUT2D eigenvalue weighted by Gasteiger charge is 2.33. The van der Waals surface area contributed by atoms with Crippen molar-refractivity contribution in [1.29, 1.82) is 0 Å². The van der Waals surface area contributed by atoms with Gasteiger partial charge in [0.2, 0.25) is 0 Å². The van der Waals surface area contributed by atoms with Gasteiger partial charge in [-0.1, -0.05) is 17.7 Å². The Labute approximate surface area is 122 Å². The van der Waals surface area contributed by atoms with Crippen LogP contribution in [-0.4, -0.2) is 32.1 Å². The van der Waals surface area contributed by atoms with E-state index in [1.165, 1.54) is 10.9 Å². The van der Waals surface area contributed by atoms with Gasteiger partial charge in [0.25, 0.3) is 5.91 Å². The summed E-state index contributed by atoms with van der Waals surface area (Å²) in [6.45, 7) is 0.736. The molecule has 0 radical (unpaired) electrons. The van der Waals surface area contributed by atoms with Crippen LogP contribution in [0.5, 0.6) is 0 Å². The van der Waals surface area contributed by atoms with Gasteiger partial charge in [0.15, 0.2) is 0 Å². The van der Waals surface area contributed by atoms with Crippen molar-refractivity contribution < 1.29 is 4.79 Å². The molecule has 5 nitrogen and oxygen atoms in total. The maximum absolute atomic E-state index is 12.7. The SMILES string of the molecule is Cn1ncc(Cl)c1C(=O)N1CCCC1c1cccnc1. The highest BCUT2D eigenvalue weighted by molar-refractivity contribution is 6.33. The third-order valence-corrected chi connectivity index (χ3v) is 3.96. The Kier molecular flexibility index (Phi) is 3.44. The molecule has 1 fully saturated rings. The lowest BCUT2D eigenvalue weighted by molar-refractivity contribution is 0.0724. The lowest BCUT2D eigenvalue weighted by Crippen LogP contribution is -2.32. The number of aryl methyl sites for hydroxylation is 1. The molecule has 20 heavy (non-hydrogen) atoms. The number of hydrogen-bond donors (Lipinski definition) is 0. The van der Waals surface area contributed by atoms with Gasteiger partial charge in [0, 0.05) is 26.0 Å². The highest BCUT2D eigenvalue weighted by Crippen LogP contribution is 2.33. The van der Waals surface area contributed by atoms with Crippen molar-refractivity contribution >= 4 is 17.5 Å². The number of amides is 1. The van der Waals surface area contributed by atoms with Crippen LogP contribution >= 0.6 is 11.6 Å². The maximum Gasteiger partial charge on any atom is 0.274 e. The first-order chi connectivity index (χ1) is 9.68. The molecule has 3 heterocycles. The van der Waals surface area contributed by atoms with E-state index in [4.69, 9.17) is 11.6 Å². The van der Waals surface area contributed by atoms with Gasteiger partial charge in [-0.2, -0.15) is 5.10 Å². The topological polar surface area (TPSA) is 51.0 Å². The van der Waals surface area contributed by atoms with Crippen molar-refractivity contribution in [1.82, 2.24) is 19.7 Å². The van der Waals surface area contributed by atoms with E-state index < -0.39 is 0 Å². The fourth-order valence-electron chi connectivity index (χ4n) is 2.72. The van der Waals surface area contributed by atoms with Crippen LogP contribution in [0.2, 0.25) is 5.02 Å². The molecule has 0 saturated carbocycles. The second-order valence-corrected chi connectivity index (χ2v) is 5.31. The molecular weight excluding hydrogens is 276 g/mol. The molecule has 2 aromatic heterocycles. The molecule has 104 valence electrons. The summed E-state index contributed by atoms with van der Waals surface area (Å²) in [4.78, 5) is 18.7. The van der Waals surface area contributed by atoms with Crippen LogP contribution in [0.3, 0.4) is 0 Å². The zero-order valence-electron chi connectivity index (χ0n) is 11.2. The summed E-state index contributed by atoms with van der Waals surface area (Å²) in [5, 5.41) is 4.43. The summed E-state index contributed by atoms with van der Waals surface area (Å²) in [5.74, 6) is -0.0682. The van der Waals surface area contributed by atoms with Crippen LogP contribution in [-0.2, 0) is 7.05 Å². The molecule has 0 bridgehead atoms. The Morgan fingerprint density at radius 3 is 2.95 bits per heavy atom. The van der Waals surface area contributed by atoms with E-state index >= 15 is 0 Å². The van der Waals surface area contributed by atoms with Gasteiger partial charge in [0.05, 0.1) is 17.3 Å². The number of carbonyl (C=O) groups is 1. The molecule has 1 unspecified atom stereocenters. The minimum absolute atomic E-state index is 0.0682. The van der Waals surface area contributed by atoms with Crippen LogP contribution in [0.25, 0.3) is 0 Å². The molecule has 3 rings (SSSR count). The van der Waals surface area contributed by atoms with E-state index in [1.54, 1.807) is 13.2 Å². The van der Waals surface area contributed by atoms with Crippen molar-refractivity contribution in [2.24, 2.45) is 7.05 Å². The van der Waals surface area contributed by atoms with Gasteiger partial charge in [-0.25, -0.2) is 0 Å². The molecule has 1 saturated heterocycles. The predicted molar refractivity (Wildman–Crippen MR) is 75.5 cm³/mol. The minimum atomic E-state index is -0.0682. The molecule has 1 aliphatic heterocycles. The lowest BCUT2D eigenvalue weighted by Gasteiger charge is -2.25. The van der Waals surface area contributed by atoms with Gasteiger partial charge in [-0.15, -0.1) is 0 Å². The summed E-state index contributed by atoms with van der Waals surface area (Å²) in [6, 6.07) is 3.98. The summed E-state index contributed by atoms with van der Waals surface area (Å²) >= 11 is 6.07. The minimum Gasteiger partial charge on any atom is -0.330 e. The van der Waals surface area contributed by atoms with Gasteiger partial charge >= 0.3 is 0 Å². The van der Waals surface area contributed by atoms with E-state index in [-0.39, 0.29) is 11.9 Å². The second kappa shape index (κ2) is 5.25. The van der Waals surface area contributed by atoms with E-state index in [2.05, 4.69) is 10.1 Å². The molecule has 0 N–H and O–H groups in total. The number of aromatic nitrogens is 3. The average molecular weight is 291 g/mol. The molecule has 0 spiro atoms. The Morgan fingerprint density at radius 1 is 1.45 bits per heavy atom. The number of pyridine rings is 1. The molecule has 0 aromatic carbocycles. The zero-order chi connectivity index (χ0) is 14.1.